The van der Waals surface area contributed by atoms with E-state index in [0.29, 0.717) is 12.1 Å². The highest BCUT2D eigenvalue weighted by Crippen LogP contribution is 2.35. The van der Waals surface area contributed by atoms with E-state index in [0.717, 1.165) is 38.0 Å². The zero-order valence-electron chi connectivity index (χ0n) is 16.2. The van der Waals surface area contributed by atoms with Crippen LogP contribution in [0.5, 0.6) is 5.75 Å². The van der Waals surface area contributed by atoms with Gasteiger partial charge in [-0.1, -0.05) is 30.7 Å². The highest BCUT2D eigenvalue weighted by atomic mass is 19.1. The highest BCUT2D eigenvalue weighted by molar-refractivity contribution is 5.94. The predicted octanol–water partition coefficient (Wildman–Crippen LogP) is 4.15. The van der Waals surface area contributed by atoms with Gasteiger partial charge in [-0.3, -0.25) is 9.69 Å². The van der Waals surface area contributed by atoms with Crippen molar-refractivity contribution >= 4 is 5.91 Å². The smallest absolute Gasteiger partial charge is 0.254 e. The molecule has 2 heterocycles. The van der Waals surface area contributed by atoms with Gasteiger partial charge in [0.1, 0.15) is 11.6 Å². The van der Waals surface area contributed by atoms with Crippen LogP contribution in [0.3, 0.4) is 0 Å². The molecule has 2 saturated heterocycles. The monoisotopic (exact) mass is 382 g/mol. The second-order valence-corrected chi connectivity index (χ2v) is 7.88. The molecule has 2 aliphatic rings. The topological polar surface area (TPSA) is 41.6 Å². The standard InChI is InChI=1S/C23H27FN2O2/c1-28-20-11-9-16(10-12-20)15-26-18-5-4-6-19(26)14-17(13-18)25-23(27)21-7-2-3-8-22(21)24/h2-3,7-12,17-19H,4-6,13-15H2,1H3,(H,25,27)/t18-,19-/m1/s1. The van der Waals surface area contributed by atoms with E-state index < -0.39 is 5.82 Å². The molecule has 148 valence electrons. The van der Waals surface area contributed by atoms with Gasteiger partial charge in [-0.2, -0.15) is 0 Å². The molecule has 5 heteroatoms. The predicted molar refractivity (Wildman–Crippen MR) is 107 cm³/mol. The van der Waals surface area contributed by atoms with E-state index in [2.05, 4.69) is 22.3 Å². The number of hydrogen-bond acceptors (Lipinski definition) is 3. The van der Waals surface area contributed by atoms with Crippen LogP contribution in [-0.2, 0) is 6.54 Å². The lowest BCUT2D eigenvalue weighted by molar-refractivity contribution is 0.0176. The number of amides is 1. The summed E-state index contributed by atoms with van der Waals surface area (Å²) in [5.74, 6) is 0.112. The molecule has 1 N–H and O–H groups in total. The molecule has 0 radical (unpaired) electrons. The lowest BCUT2D eigenvalue weighted by Crippen LogP contribution is -2.56. The lowest BCUT2D eigenvalue weighted by atomic mass is 9.81. The first kappa shape index (κ1) is 18.9. The SMILES string of the molecule is COc1ccc(CN2[C@@H]3CCC[C@@H]2CC(NC(=O)c2ccccc2F)C3)cc1. The van der Waals surface area contributed by atoms with Crippen LogP contribution in [0, 0.1) is 5.82 Å². The first-order valence-electron chi connectivity index (χ1n) is 10.1. The van der Waals surface area contributed by atoms with Gasteiger partial charge < -0.3 is 10.1 Å². The van der Waals surface area contributed by atoms with Crippen LogP contribution in [0.2, 0.25) is 0 Å². The van der Waals surface area contributed by atoms with Crippen molar-refractivity contribution in [2.75, 3.05) is 7.11 Å². The van der Waals surface area contributed by atoms with E-state index in [9.17, 15) is 9.18 Å². The number of benzene rings is 2. The maximum atomic E-state index is 13.9. The van der Waals surface area contributed by atoms with Crippen molar-refractivity contribution in [2.45, 2.75) is 56.8 Å². The molecule has 1 amide bonds. The Morgan fingerprint density at radius 1 is 1.11 bits per heavy atom. The maximum Gasteiger partial charge on any atom is 0.254 e. The number of halogens is 1. The van der Waals surface area contributed by atoms with Gasteiger partial charge in [-0.25, -0.2) is 4.39 Å². The Morgan fingerprint density at radius 2 is 1.79 bits per heavy atom. The second-order valence-electron chi connectivity index (χ2n) is 7.88. The molecule has 2 aliphatic heterocycles. The van der Waals surface area contributed by atoms with Crippen LogP contribution >= 0.6 is 0 Å². The molecule has 2 atom stereocenters. The molecular weight excluding hydrogens is 355 g/mol. The largest absolute Gasteiger partial charge is 0.497 e. The first-order valence-corrected chi connectivity index (χ1v) is 10.1. The van der Waals surface area contributed by atoms with Gasteiger partial charge in [0, 0.05) is 24.7 Å². The van der Waals surface area contributed by atoms with Crippen LogP contribution in [0.25, 0.3) is 0 Å². The van der Waals surface area contributed by atoms with E-state index in [4.69, 9.17) is 4.74 Å². The van der Waals surface area contributed by atoms with Gasteiger partial charge >= 0.3 is 0 Å². The summed E-state index contributed by atoms with van der Waals surface area (Å²) in [6.45, 7) is 0.924. The number of nitrogens with one attached hydrogen (secondary N) is 1. The first-order chi connectivity index (χ1) is 13.6. The molecule has 2 fully saturated rings. The fourth-order valence-corrected chi connectivity index (χ4v) is 4.70. The average Bonchev–Trinajstić information content (AvgIpc) is 2.69. The number of methoxy groups -OCH3 is 1. The molecule has 0 aromatic heterocycles. The van der Waals surface area contributed by atoms with Crippen LogP contribution in [0.4, 0.5) is 4.39 Å². The zero-order chi connectivity index (χ0) is 19.5. The van der Waals surface area contributed by atoms with Gasteiger partial charge in [0.15, 0.2) is 0 Å². The number of nitrogens with zero attached hydrogens (tertiary/aromatic N) is 1. The molecule has 0 aliphatic carbocycles. The second kappa shape index (κ2) is 8.31. The highest BCUT2D eigenvalue weighted by Gasteiger charge is 2.38. The summed E-state index contributed by atoms with van der Waals surface area (Å²) >= 11 is 0. The fraction of sp³-hybridized carbons (Fsp3) is 0.435. The number of carbonyl (C=O) groups is 1. The molecule has 0 saturated carbocycles. The minimum absolute atomic E-state index is 0.106. The third kappa shape index (κ3) is 4.04. The van der Waals surface area contributed by atoms with E-state index >= 15 is 0 Å². The molecule has 2 bridgehead atoms. The summed E-state index contributed by atoms with van der Waals surface area (Å²) < 4.78 is 19.2. The van der Waals surface area contributed by atoms with Gasteiger partial charge in [-0.15, -0.1) is 0 Å². The van der Waals surface area contributed by atoms with Crippen molar-refractivity contribution < 1.29 is 13.9 Å². The summed E-state index contributed by atoms with van der Waals surface area (Å²) in [6, 6.07) is 15.5. The van der Waals surface area contributed by atoms with Crippen molar-refractivity contribution in [1.29, 1.82) is 0 Å². The van der Waals surface area contributed by atoms with Crippen molar-refractivity contribution in [3.8, 4) is 5.75 Å². The number of ether oxygens (including phenoxy) is 1. The normalized spacial score (nSPS) is 24.6. The molecule has 4 rings (SSSR count). The summed E-state index contributed by atoms with van der Waals surface area (Å²) in [7, 11) is 1.68. The Kier molecular flexibility index (Phi) is 5.62. The van der Waals surface area contributed by atoms with Gasteiger partial charge in [0.25, 0.3) is 5.91 Å². The number of rotatable bonds is 5. The Bertz CT molecular complexity index is 810. The molecule has 0 spiro atoms. The van der Waals surface area contributed by atoms with E-state index in [1.54, 1.807) is 25.3 Å². The molecule has 0 unspecified atom stereocenters. The zero-order valence-corrected chi connectivity index (χ0v) is 16.2. The van der Waals surface area contributed by atoms with E-state index in [1.807, 2.05) is 12.1 Å². The number of piperidine rings is 2. The van der Waals surface area contributed by atoms with Crippen molar-refractivity contribution in [3.05, 3.63) is 65.5 Å². The Balaban J connectivity index is 1.41. The molecule has 2 aromatic carbocycles. The molecule has 2 aromatic rings. The van der Waals surface area contributed by atoms with Gasteiger partial charge in [-0.05, 0) is 55.5 Å². The fourth-order valence-electron chi connectivity index (χ4n) is 4.70. The van der Waals surface area contributed by atoms with Crippen LogP contribution in [-0.4, -0.2) is 36.0 Å². The van der Waals surface area contributed by atoms with E-state index in [1.165, 1.54) is 18.1 Å². The third-order valence-electron chi connectivity index (χ3n) is 6.10. The Hall–Kier alpha value is -2.40. The van der Waals surface area contributed by atoms with Crippen LogP contribution in [0.1, 0.15) is 48.0 Å². The Morgan fingerprint density at radius 3 is 2.43 bits per heavy atom. The third-order valence-corrected chi connectivity index (χ3v) is 6.10. The lowest BCUT2D eigenvalue weighted by Gasteiger charge is -2.49. The average molecular weight is 382 g/mol. The molecule has 4 nitrogen and oxygen atoms in total. The van der Waals surface area contributed by atoms with Crippen LogP contribution < -0.4 is 10.1 Å². The summed E-state index contributed by atoms with van der Waals surface area (Å²) in [6.07, 6.45) is 5.39. The minimum Gasteiger partial charge on any atom is -0.497 e. The Labute approximate surface area is 165 Å². The van der Waals surface area contributed by atoms with E-state index in [-0.39, 0.29) is 17.5 Å². The van der Waals surface area contributed by atoms with Crippen molar-refractivity contribution in [1.82, 2.24) is 10.2 Å². The molecule has 28 heavy (non-hydrogen) atoms. The minimum atomic E-state index is -0.461. The molecular formula is C23H27FN2O2. The van der Waals surface area contributed by atoms with Crippen LogP contribution in [0.15, 0.2) is 48.5 Å². The number of hydrogen-bond donors (Lipinski definition) is 1. The van der Waals surface area contributed by atoms with Crippen molar-refractivity contribution in [2.24, 2.45) is 0 Å². The quantitative estimate of drug-likeness (QED) is 0.845. The van der Waals surface area contributed by atoms with Gasteiger partial charge in [0.2, 0.25) is 0 Å². The summed E-state index contributed by atoms with van der Waals surface area (Å²) in [4.78, 5) is 15.1. The summed E-state index contributed by atoms with van der Waals surface area (Å²) in [5.41, 5.74) is 1.42. The summed E-state index contributed by atoms with van der Waals surface area (Å²) in [5, 5.41) is 3.08. The number of carbonyl (C=O) groups excluding carboxylic acids is 1. The number of fused-ring (bicyclic) bond motifs is 2. The maximum absolute atomic E-state index is 13.9. The van der Waals surface area contributed by atoms with Gasteiger partial charge in [0.05, 0.1) is 12.7 Å². The van der Waals surface area contributed by atoms with Crippen molar-refractivity contribution in [3.63, 3.8) is 0 Å².